The zero-order valence-corrected chi connectivity index (χ0v) is 14.2. The molecule has 0 aliphatic heterocycles. The van der Waals surface area contributed by atoms with E-state index in [0.717, 1.165) is 18.5 Å². The molecule has 6 nitrogen and oxygen atoms in total. The van der Waals surface area contributed by atoms with E-state index in [1.54, 1.807) is 13.2 Å². The quantitative estimate of drug-likeness (QED) is 0.692. The van der Waals surface area contributed by atoms with E-state index in [2.05, 4.69) is 19.1 Å². The fourth-order valence-corrected chi connectivity index (χ4v) is 2.81. The van der Waals surface area contributed by atoms with Gasteiger partial charge in [-0.25, -0.2) is 4.98 Å². The minimum Gasteiger partial charge on any atom is -0.543 e. The fraction of sp³-hybridized carbons (Fsp3) is 0.375. The highest BCUT2D eigenvalue weighted by molar-refractivity contribution is 7.13. The van der Waals surface area contributed by atoms with Gasteiger partial charge in [-0.2, -0.15) is 0 Å². The number of hydrogen-bond donors (Lipinski definition) is 1. The summed E-state index contributed by atoms with van der Waals surface area (Å²) in [5.41, 5.74) is 0.722. The molecule has 0 bridgehead atoms. The van der Waals surface area contributed by atoms with E-state index in [9.17, 15) is 9.90 Å². The number of carbonyl (C=O) groups is 1. The zero-order chi connectivity index (χ0) is 16.8. The lowest BCUT2D eigenvalue weighted by Gasteiger charge is -2.12. The maximum absolute atomic E-state index is 10.8. The van der Waals surface area contributed by atoms with E-state index < -0.39 is 5.97 Å². The molecule has 2 rings (SSSR count). The van der Waals surface area contributed by atoms with Crippen molar-refractivity contribution in [2.24, 2.45) is 0 Å². The van der Waals surface area contributed by atoms with Gasteiger partial charge < -0.3 is 24.3 Å². The van der Waals surface area contributed by atoms with Gasteiger partial charge >= 0.3 is 0 Å². The van der Waals surface area contributed by atoms with Crippen molar-refractivity contribution in [2.45, 2.75) is 6.42 Å². The molecule has 7 heteroatoms. The largest absolute Gasteiger partial charge is 0.543 e. The molecular formula is C16H20N2O4S. The summed E-state index contributed by atoms with van der Waals surface area (Å²) in [6.07, 6.45) is 0.953. The van der Waals surface area contributed by atoms with Gasteiger partial charge in [-0.3, -0.25) is 0 Å². The normalized spacial score (nSPS) is 10.8. The molecule has 0 unspecified atom stereocenters. The summed E-state index contributed by atoms with van der Waals surface area (Å²) in [4.78, 5) is 16.2. The first-order valence-electron chi connectivity index (χ1n) is 7.28. The van der Waals surface area contributed by atoms with Gasteiger partial charge in [-0.05, 0) is 18.2 Å². The van der Waals surface area contributed by atoms with E-state index in [4.69, 9.17) is 9.47 Å². The molecule has 0 amide bonds. The first-order valence-corrected chi connectivity index (χ1v) is 8.16. The standard InChI is InChI=1S/C16H20N2O4S/c1-18(2)7-4-8-22-13-6-5-11(9-14(13)21-3)15-17-12(10-23-15)16(19)20/h5-6,9-10H,4,7-8H2,1-3H3,(H,19,20). The number of nitrogens with one attached hydrogen (secondary N) is 1. The summed E-state index contributed by atoms with van der Waals surface area (Å²) < 4.78 is 11.1. The highest BCUT2D eigenvalue weighted by atomic mass is 32.1. The fourth-order valence-electron chi connectivity index (χ4n) is 2.03. The smallest absolute Gasteiger partial charge is 0.161 e. The van der Waals surface area contributed by atoms with E-state index >= 15 is 0 Å². The molecule has 23 heavy (non-hydrogen) atoms. The van der Waals surface area contributed by atoms with Gasteiger partial charge in [0.15, 0.2) is 11.5 Å². The van der Waals surface area contributed by atoms with Gasteiger partial charge in [0, 0.05) is 17.4 Å². The van der Waals surface area contributed by atoms with Crippen molar-refractivity contribution in [3.8, 4) is 22.1 Å². The van der Waals surface area contributed by atoms with E-state index in [-0.39, 0.29) is 5.69 Å². The van der Waals surface area contributed by atoms with Crippen LogP contribution in [-0.2, 0) is 0 Å². The topological polar surface area (TPSA) is 75.9 Å². The minimum atomic E-state index is -1.28. The lowest BCUT2D eigenvalue weighted by Crippen LogP contribution is -3.05. The van der Waals surface area contributed by atoms with Crippen molar-refractivity contribution in [1.82, 2.24) is 4.98 Å². The molecule has 1 aromatic heterocycles. The highest BCUT2D eigenvalue weighted by Crippen LogP contribution is 2.33. The molecule has 0 radical (unpaired) electrons. The number of thiazole rings is 1. The molecular weight excluding hydrogens is 316 g/mol. The Bertz CT molecular complexity index is 670. The molecule has 0 aliphatic rings. The van der Waals surface area contributed by atoms with Crippen LogP contribution in [0.15, 0.2) is 23.6 Å². The van der Waals surface area contributed by atoms with Crippen LogP contribution in [0.1, 0.15) is 16.9 Å². The third-order valence-electron chi connectivity index (χ3n) is 3.20. The summed E-state index contributed by atoms with van der Waals surface area (Å²) in [6, 6.07) is 5.45. The van der Waals surface area contributed by atoms with Gasteiger partial charge in [0.2, 0.25) is 0 Å². The lowest BCUT2D eigenvalue weighted by atomic mass is 10.2. The van der Waals surface area contributed by atoms with Crippen molar-refractivity contribution in [1.29, 1.82) is 0 Å². The van der Waals surface area contributed by atoms with Gasteiger partial charge in [-0.15, -0.1) is 11.3 Å². The number of nitrogens with zero attached hydrogens (tertiary/aromatic N) is 1. The average molecular weight is 336 g/mol. The molecule has 0 spiro atoms. The Labute approximate surface area is 139 Å². The van der Waals surface area contributed by atoms with Crippen molar-refractivity contribution in [3.63, 3.8) is 0 Å². The molecule has 0 atom stereocenters. The Morgan fingerprint density at radius 2 is 2.13 bits per heavy atom. The number of hydrogen-bond acceptors (Lipinski definition) is 6. The van der Waals surface area contributed by atoms with Crippen molar-refractivity contribution >= 4 is 17.3 Å². The third kappa shape index (κ3) is 4.67. The van der Waals surface area contributed by atoms with Crippen LogP contribution >= 0.6 is 11.3 Å². The number of rotatable bonds is 8. The number of carboxylic acid groups (broad SMARTS) is 1. The van der Waals surface area contributed by atoms with Crippen LogP contribution in [0.3, 0.4) is 0 Å². The molecule has 1 heterocycles. The number of aromatic carboxylic acids is 1. The van der Waals surface area contributed by atoms with E-state index in [1.807, 2.05) is 12.1 Å². The summed E-state index contributed by atoms with van der Waals surface area (Å²) in [6.45, 7) is 1.65. The number of ether oxygens (including phenoxy) is 2. The van der Waals surface area contributed by atoms with Gasteiger partial charge in [-0.1, -0.05) is 0 Å². The Kier molecular flexibility index (Phi) is 5.95. The number of carboxylic acids is 1. The van der Waals surface area contributed by atoms with Crippen LogP contribution < -0.4 is 19.5 Å². The van der Waals surface area contributed by atoms with Gasteiger partial charge in [0.25, 0.3) is 0 Å². The second-order valence-corrected chi connectivity index (χ2v) is 6.21. The Morgan fingerprint density at radius 3 is 2.74 bits per heavy atom. The van der Waals surface area contributed by atoms with Crippen molar-refractivity contribution in [2.75, 3.05) is 34.4 Å². The van der Waals surface area contributed by atoms with Crippen molar-refractivity contribution in [3.05, 3.63) is 29.3 Å². The van der Waals surface area contributed by atoms with Gasteiger partial charge in [0.05, 0.1) is 46.0 Å². The highest BCUT2D eigenvalue weighted by Gasteiger charge is 2.10. The summed E-state index contributed by atoms with van der Waals surface area (Å²) >= 11 is 1.25. The molecule has 0 fully saturated rings. The molecule has 0 aliphatic carbocycles. The van der Waals surface area contributed by atoms with Crippen LogP contribution in [0, 0.1) is 0 Å². The zero-order valence-electron chi connectivity index (χ0n) is 13.4. The first kappa shape index (κ1) is 17.2. The van der Waals surface area contributed by atoms with Crippen LogP contribution in [-0.4, -0.2) is 45.3 Å². The van der Waals surface area contributed by atoms with Crippen LogP contribution in [0.2, 0.25) is 0 Å². The summed E-state index contributed by atoms with van der Waals surface area (Å²) in [5.74, 6) is -0.00553. The maximum Gasteiger partial charge on any atom is 0.161 e. The third-order valence-corrected chi connectivity index (χ3v) is 4.09. The maximum atomic E-state index is 10.8. The average Bonchev–Trinajstić information content (AvgIpc) is 3.01. The Morgan fingerprint density at radius 1 is 1.35 bits per heavy atom. The Balaban J connectivity index is 2.10. The number of carbonyl (C=O) groups excluding carboxylic acids is 1. The van der Waals surface area contributed by atoms with E-state index in [1.165, 1.54) is 21.6 Å². The second-order valence-electron chi connectivity index (χ2n) is 5.35. The SMILES string of the molecule is COc1cc(-c2nc(C(=O)[O-])cs2)ccc1OCCC[NH+](C)C. The molecule has 1 N–H and O–H groups in total. The molecule has 0 saturated heterocycles. The molecule has 1 aromatic carbocycles. The van der Waals surface area contributed by atoms with Crippen LogP contribution in [0.25, 0.3) is 10.6 Å². The minimum absolute atomic E-state index is 0.0597. The van der Waals surface area contributed by atoms with Crippen LogP contribution in [0.4, 0.5) is 0 Å². The number of methoxy groups -OCH3 is 1. The second kappa shape index (κ2) is 7.94. The summed E-state index contributed by atoms with van der Waals surface area (Å²) in [7, 11) is 5.78. The molecule has 124 valence electrons. The first-order chi connectivity index (χ1) is 11.0. The van der Waals surface area contributed by atoms with Gasteiger partial charge in [0.1, 0.15) is 5.01 Å². The number of aromatic nitrogens is 1. The van der Waals surface area contributed by atoms with Crippen molar-refractivity contribution < 1.29 is 24.3 Å². The molecule has 2 aromatic rings. The van der Waals surface area contributed by atoms with E-state index in [0.29, 0.717) is 23.1 Å². The predicted octanol–water partition coefficient (Wildman–Crippen LogP) is 0.0956. The summed E-state index contributed by atoms with van der Waals surface area (Å²) in [5, 5.41) is 12.9. The molecule has 0 saturated carbocycles. The number of benzene rings is 1. The lowest BCUT2D eigenvalue weighted by molar-refractivity contribution is -0.858. The van der Waals surface area contributed by atoms with Crippen LogP contribution in [0.5, 0.6) is 11.5 Å². The monoisotopic (exact) mass is 336 g/mol. The predicted molar refractivity (Wildman–Crippen MR) is 86.2 cm³/mol. The number of quaternary nitrogens is 1. The Hall–Kier alpha value is -2.12.